The Morgan fingerprint density at radius 2 is 2.13 bits per heavy atom. The molecular formula is C11H10N2OS. The van der Waals surface area contributed by atoms with Crippen LogP contribution in [0.3, 0.4) is 0 Å². The lowest BCUT2D eigenvalue weighted by molar-refractivity contribution is 0.102. The second-order valence-corrected chi connectivity index (χ2v) is 3.51. The molecule has 1 aromatic carbocycles. The first kappa shape index (κ1) is 9.98. The van der Waals surface area contributed by atoms with E-state index in [9.17, 15) is 4.79 Å². The molecule has 1 aromatic heterocycles. The predicted molar refractivity (Wildman–Crippen MR) is 64.3 cm³/mol. The molecule has 3 nitrogen and oxygen atoms in total. The summed E-state index contributed by atoms with van der Waals surface area (Å²) in [5.74, 6) is 0.555. The summed E-state index contributed by atoms with van der Waals surface area (Å²) in [6.07, 6.45) is 0. The van der Waals surface area contributed by atoms with E-state index in [4.69, 9.17) is 5.73 Å². The first-order valence-corrected chi connectivity index (χ1v) is 5.15. The highest BCUT2D eigenvalue weighted by molar-refractivity contribution is 7.81. The smallest absolute Gasteiger partial charge is 0.174 e. The zero-order valence-electron chi connectivity index (χ0n) is 7.97. The van der Waals surface area contributed by atoms with Gasteiger partial charge in [-0.25, -0.2) is 4.98 Å². The van der Waals surface area contributed by atoms with Gasteiger partial charge < -0.3 is 5.73 Å². The van der Waals surface area contributed by atoms with Crippen molar-refractivity contribution < 1.29 is 4.79 Å². The van der Waals surface area contributed by atoms with Crippen LogP contribution < -0.4 is 5.73 Å². The minimum atomic E-state index is -0.0398. The predicted octanol–water partition coefficient (Wildman–Crippen LogP) is 1.93. The standard InChI is InChI=1S/C11H10N2OS/c12-10-5-4-7-2-1-3-8(9(14)6-15)11(7)13-10/h1-5,15H,6H2,(H2,12,13). The number of benzene rings is 1. The first-order valence-electron chi connectivity index (χ1n) is 4.51. The van der Waals surface area contributed by atoms with Crippen molar-refractivity contribution >= 4 is 35.1 Å². The van der Waals surface area contributed by atoms with Gasteiger partial charge in [0.05, 0.1) is 11.3 Å². The minimum Gasteiger partial charge on any atom is -0.384 e. The Morgan fingerprint density at radius 3 is 2.87 bits per heavy atom. The Labute approximate surface area is 92.7 Å². The summed E-state index contributed by atoms with van der Waals surface area (Å²) in [6, 6.07) is 9.05. The number of para-hydroxylation sites is 1. The molecule has 0 amide bonds. The van der Waals surface area contributed by atoms with E-state index in [0.717, 1.165) is 5.39 Å². The third-order valence-corrected chi connectivity index (χ3v) is 2.47. The fourth-order valence-corrected chi connectivity index (χ4v) is 1.64. The molecule has 0 spiro atoms. The Hall–Kier alpha value is -1.55. The van der Waals surface area contributed by atoms with E-state index in [0.29, 0.717) is 16.9 Å². The number of aromatic nitrogens is 1. The molecule has 0 radical (unpaired) electrons. The van der Waals surface area contributed by atoms with Gasteiger partial charge in [0, 0.05) is 10.9 Å². The maximum absolute atomic E-state index is 11.6. The number of carbonyl (C=O) groups excluding carboxylic acids is 1. The monoisotopic (exact) mass is 218 g/mol. The highest BCUT2D eigenvalue weighted by atomic mass is 32.1. The van der Waals surface area contributed by atoms with Gasteiger partial charge in [-0.1, -0.05) is 12.1 Å². The topological polar surface area (TPSA) is 56.0 Å². The fourth-order valence-electron chi connectivity index (χ4n) is 1.47. The van der Waals surface area contributed by atoms with Gasteiger partial charge in [0.15, 0.2) is 5.78 Å². The second kappa shape index (κ2) is 3.90. The van der Waals surface area contributed by atoms with Crippen molar-refractivity contribution in [2.75, 3.05) is 11.5 Å². The lowest BCUT2D eigenvalue weighted by Crippen LogP contribution is -2.03. The number of hydrogen-bond donors (Lipinski definition) is 2. The largest absolute Gasteiger partial charge is 0.384 e. The maximum Gasteiger partial charge on any atom is 0.174 e. The molecular weight excluding hydrogens is 208 g/mol. The van der Waals surface area contributed by atoms with Gasteiger partial charge in [-0.3, -0.25) is 4.79 Å². The van der Waals surface area contributed by atoms with Crippen molar-refractivity contribution in [3.8, 4) is 0 Å². The SMILES string of the molecule is Nc1ccc2cccc(C(=O)CS)c2n1. The Morgan fingerprint density at radius 1 is 1.33 bits per heavy atom. The molecule has 2 aromatic rings. The molecule has 0 unspecified atom stereocenters. The van der Waals surface area contributed by atoms with Gasteiger partial charge in [-0.2, -0.15) is 12.6 Å². The zero-order valence-corrected chi connectivity index (χ0v) is 8.87. The summed E-state index contributed by atoms with van der Waals surface area (Å²) in [7, 11) is 0. The Kier molecular flexibility index (Phi) is 2.60. The number of hydrogen-bond acceptors (Lipinski definition) is 4. The molecule has 1 heterocycles. The Bertz CT molecular complexity index is 525. The quantitative estimate of drug-likeness (QED) is 0.598. The molecule has 76 valence electrons. The van der Waals surface area contributed by atoms with Crippen molar-refractivity contribution in [1.29, 1.82) is 0 Å². The van der Waals surface area contributed by atoms with Crippen LogP contribution in [0.25, 0.3) is 10.9 Å². The number of Topliss-reactive ketones (excluding diaryl/α,β-unsaturated/α-hetero) is 1. The number of nitrogens with zero attached hydrogens (tertiary/aromatic N) is 1. The number of ketones is 1. The van der Waals surface area contributed by atoms with Crippen LogP contribution in [0.5, 0.6) is 0 Å². The Balaban J connectivity index is 2.74. The molecule has 4 heteroatoms. The van der Waals surface area contributed by atoms with Crippen molar-refractivity contribution in [2.24, 2.45) is 0 Å². The number of nitrogens with two attached hydrogens (primary N) is 1. The molecule has 2 rings (SSSR count). The normalized spacial score (nSPS) is 10.5. The average Bonchev–Trinajstić information content (AvgIpc) is 2.27. The number of thiol groups is 1. The lowest BCUT2D eigenvalue weighted by atomic mass is 10.1. The lowest BCUT2D eigenvalue weighted by Gasteiger charge is -2.03. The van der Waals surface area contributed by atoms with Gasteiger partial charge in [-0.05, 0) is 18.2 Å². The van der Waals surface area contributed by atoms with Crippen molar-refractivity contribution in [2.45, 2.75) is 0 Å². The average molecular weight is 218 g/mol. The van der Waals surface area contributed by atoms with Crippen LogP contribution in [0.15, 0.2) is 30.3 Å². The van der Waals surface area contributed by atoms with Crippen LogP contribution in [0.4, 0.5) is 5.82 Å². The zero-order chi connectivity index (χ0) is 10.8. The summed E-state index contributed by atoms with van der Waals surface area (Å²) in [5.41, 5.74) is 6.82. The first-order chi connectivity index (χ1) is 7.22. The molecule has 2 N–H and O–H groups in total. The number of pyridine rings is 1. The molecule has 0 aliphatic carbocycles. The highest BCUT2D eigenvalue weighted by Gasteiger charge is 2.09. The van der Waals surface area contributed by atoms with Crippen LogP contribution in [0.1, 0.15) is 10.4 Å². The van der Waals surface area contributed by atoms with Gasteiger partial charge in [0.25, 0.3) is 0 Å². The molecule has 0 bridgehead atoms. The van der Waals surface area contributed by atoms with Gasteiger partial charge in [0.2, 0.25) is 0 Å². The summed E-state index contributed by atoms with van der Waals surface area (Å²) < 4.78 is 0. The summed E-state index contributed by atoms with van der Waals surface area (Å²) >= 11 is 3.97. The number of nitrogen functional groups attached to an aromatic ring is 1. The third kappa shape index (κ3) is 1.80. The third-order valence-electron chi connectivity index (χ3n) is 2.19. The molecule has 0 fully saturated rings. The summed E-state index contributed by atoms with van der Waals surface area (Å²) in [4.78, 5) is 15.7. The van der Waals surface area contributed by atoms with E-state index in [-0.39, 0.29) is 11.5 Å². The van der Waals surface area contributed by atoms with E-state index < -0.39 is 0 Å². The van der Waals surface area contributed by atoms with E-state index >= 15 is 0 Å². The second-order valence-electron chi connectivity index (χ2n) is 3.19. The van der Waals surface area contributed by atoms with Crippen molar-refractivity contribution in [3.63, 3.8) is 0 Å². The number of rotatable bonds is 2. The van der Waals surface area contributed by atoms with Crippen molar-refractivity contribution in [1.82, 2.24) is 4.98 Å². The van der Waals surface area contributed by atoms with Gasteiger partial charge in [-0.15, -0.1) is 0 Å². The van der Waals surface area contributed by atoms with E-state index in [1.807, 2.05) is 18.2 Å². The van der Waals surface area contributed by atoms with Crippen molar-refractivity contribution in [3.05, 3.63) is 35.9 Å². The summed E-state index contributed by atoms with van der Waals surface area (Å²) in [6.45, 7) is 0. The number of anilines is 1. The van der Waals surface area contributed by atoms with Gasteiger partial charge in [0.1, 0.15) is 5.82 Å². The maximum atomic E-state index is 11.6. The molecule has 0 atom stereocenters. The highest BCUT2D eigenvalue weighted by Crippen LogP contribution is 2.18. The number of fused-ring (bicyclic) bond motifs is 1. The molecule has 0 saturated heterocycles. The van der Waals surface area contributed by atoms with E-state index in [1.165, 1.54) is 0 Å². The molecule has 15 heavy (non-hydrogen) atoms. The molecule has 0 aliphatic heterocycles. The molecule has 0 saturated carbocycles. The van der Waals surface area contributed by atoms with E-state index in [1.54, 1.807) is 12.1 Å². The van der Waals surface area contributed by atoms with Crippen LogP contribution in [0, 0.1) is 0 Å². The molecule has 0 aliphatic rings. The minimum absolute atomic E-state index is 0.0398. The fraction of sp³-hybridized carbons (Fsp3) is 0.0909. The van der Waals surface area contributed by atoms with E-state index in [2.05, 4.69) is 17.6 Å². The van der Waals surface area contributed by atoms with Crippen LogP contribution in [0.2, 0.25) is 0 Å². The van der Waals surface area contributed by atoms with Gasteiger partial charge >= 0.3 is 0 Å². The van der Waals surface area contributed by atoms with Crippen LogP contribution in [-0.4, -0.2) is 16.5 Å². The van der Waals surface area contributed by atoms with Crippen LogP contribution in [-0.2, 0) is 0 Å². The number of carbonyl (C=O) groups is 1. The van der Waals surface area contributed by atoms with Crippen LogP contribution >= 0.6 is 12.6 Å². The summed E-state index contributed by atoms with van der Waals surface area (Å²) in [5, 5.41) is 0.914.